The van der Waals surface area contributed by atoms with Crippen LogP contribution in [-0.4, -0.2) is 67.4 Å². The average molecular weight is 496 g/mol. The number of benzene rings is 2. The zero-order valence-electron chi connectivity index (χ0n) is 19.2. The molecular weight excluding hydrogens is 469 g/mol. The number of nitrogens with one attached hydrogen (secondary N) is 1. The van der Waals surface area contributed by atoms with Crippen LogP contribution >= 0.6 is 0 Å². The van der Waals surface area contributed by atoms with E-state index in [4.69, 9.17) is 4.74 Å². The lowest BCUT2D eigenvalue weighted by Gasteiger charge is -2.36. The molecule has 2 fully saturated rings. The van der Waals surface area contributed by atoms with Crippen LogP contribution < -0.4 is 5.32 Å². The van der Waals surface area contributed by atoms with E-state index < -0.39 is 16.0 Å². The summed E-state index contributed by atoms with van der Waals surface area (Å²) in [5, 5.41) is 14.7. The zero-order valence-corrected chi connectivity index (χ0v) is 20.0. The molecule has 182 valence electrons. The minimum absolute atomic E-state index is 0.000633. The van der Waals surface area contributed by atoms with Gasteiger partial charge in [0.15, 0.2) is 0 Å². The lowest BCUT2D eigenvalue weighted by molar-refractivity contribution is 0.0697. The van der Waals surface area contributed by atoms with E-state index in [-0.39, 0.29) is 11.6 Å². The monoisotopic (exact) mass is 495 g/mol. The highest BCUT2D eigenvalue weighted by Gasteiger charge is 2.33. The van der Waals surface area contributed by atoms with Crippen LogP contribution in [0.4, 0.5) is 10.1 Å². The molecule has 3 heterocycles. The number of morpholine rings is 1. The molecule has 0 atom stereocenters. The molecule has 35 heavy (non-hydrogen) atoms. The topological polar surface area (TPSA) is 98.6 Å². The minimum Gasteiger partial charge on any atom is -0.382 e. The van der Waals surface area contributed by atoms with Crippen molar-refractivity contribution in [3.63, 3.8) is 0 Å². The second-order valence-electron chi connectivity index (χ2n) is 8.76. The van der Waals surface area contributed by atoms with Crippen molar-refractivity contribution in [2.45, 2.75) is 18.9 Å². The summed E-state index contributed by atoms with van der Waals surface area (Å²) in [5.74, 6) is -0.543. The average Bonchev–Trinajstić information content (AvgIpc) is 2.90. The summed E-state index contributed by atoms with van der Waals surface area (Å²) in [4.78, 5) is 4.27. The lowest BCUT2D eigenvalue weighted by atomic mass is 9.98. The van der Waals surface area contributed by atoms with E-state index in [1.54, 1.807) is 28.8 Å². The maximum Gasteiger partial charge on any atom is 0.282 e. The maximum absolute atomic E-state index is 13.9. The minimum atomic E-state index is -3.48. The molecule has 2 saturated heterocycles. The number of pyridine rings is 1. The Morgan fingerprint density at radius 2 is 1.77 bits per heavy atom. The third-order valence-electron chi connectivity index (χ3n) is 6.61. The van der Waals surface area contributed by atoms with Gasteiger partial charge in [-0.3, -0.25) is 4.98 Å². The van der Waals surface area contributed by atoms with Crippen molar-refractivity contribution in [1.82, 2.24) is 13.6 Å². The fourth-order valence-electron chi connectivity index (χ4n) is 4.67. The molecule has 2 aromatic carbocycles. The van der Waals surface area contributed by atoms with Crippen LogP contribution in [-0.2, 0) is 14.9 Å². The molecule has 0 bridgehead atoms. The number of anilines is 1. The van der Waals surface area contributed by atoms with Gasteiger partial charge in [-0.1, -0.05) is 6.07 Å². The highest BCUT2D eigenvalue weighted by atomic mass is 32.2. The van der Waals surface area contributed by atoms with Crippen molar-refractivity contribution in [1.29, 1.82) is 5.26 Å². The van der Waals surface area contributed by atoms with Crippen molar-refractivity contribution in [3.05, 3.63) is 60.2 Å². The predicted octanol–water partition coefficient (Wildman–Crippen LogP) is 3.37. The van der Waals surface area contributed by atoms with Crippen LogP contribution in [0.5, 0.6) is 0 Å². The number of halogens is 1. The van der Waals surface area contributed by atoms with Gasteiger partial charge >= 0.3 is 0 Å². The Morgan fingerprint density at radius 1 is 1.03 bits per heavy atom. The van der Waals surface area contributed by atoms with Crippen LogP contribution in [0, 0.1) is 17.1 Å². The number of piperidine rings is 1. The van der Waals surface area contributed by atoms with Crippen molar-refractivity contribution in [2.75, 3.05) is 44.7 Å². The number of hydrogen-bond acceptors (Lipinski definition) is 6. The Hall–Kier alpha value is -3.10. The van der Waals surface area contributed by atoms with E-state index in [1.807, 2.05) is 24.3 Å². The maximum atomic E-state index is 13.9. The number of rotatable bonds is 5. The van der Waals surface area contributed by atoms with Crippen LogP contribution in [0.15, 0.2) is 48.8 Å². The molecule has 10 heteroatoms. The van der Waals surface area contributed by atoms with Crippen molar-refractivity contribution >= 4 is 26.7 Å². The quantitative estimate of drug-likeness (QED) is 0.583. The molecule has 8 nitrogen and oxygen atoms in total. The van der Waals surface area contributed by atoms with Gasteiger partial charge < -0.3 is 10.1 Å². The third-order valence-corrected chi connectivity index (χ3v) is 8.65. The highest BCUT2D eigenvalue weighted by Crippen LogP contribution is 2.33. The number of aromatic nitrogens is 1. The summed E-state index contributed by atoms with van der Waals surface area (Å²) >= 11 is 0. The standard InChI is InChI=1S/C25H26FN5O3S/c26-24-2-1-18(13-21(24)16-27)20-14-19-3-6-28-17-23(19)25(15-20)29-22-4-7-30(8-5-22)35(32,33)31-9-11-34-12-10-31/h1-3,6,13-15,17,22,29H,4-5,7-12H2. The van der Waals surface area contributed by atoms with Crippen LogP contribution in [0.25, 0.3) is 21.9 Å². The van der Waals surface area contributed by atoms with E-state index in [0.29, 0.717) is 52.2 Å². The molecule has 0 radical (unpaired) electrons. The summed E-state index contributed by atoms with van der Waals surface area (Å²) < 4.78 is 48.2. The lowest BCUT2D eigenvalue weighted by Crippen LogP contribution is -2.51. The second kappa shape index (κ2) is 9.87. The van der Waals surface area contributed by atoms with E-state index in [2.05, 4.69) is 10.3 Å². The number of hydrogen-bond donors (Lipinski definition) is 1. The normalized spacial score (nSPS) is 18.4. The Bertz CT molecular complexity index is 1380. The van der Waals surface area contributed by atoms with Crippen molar-refractivity contribution in [2.24, 2.45) is 0 Å². The fraction of sp³-hybridized carbons (Fsp3) is 0.360. The number of nitrogens with zero attached hydrogens (tertiary/aromatic N) is 4. The molecule has 0 saturated carbocycles. The number of ether oxygens (including phenoxy) is 1. The molecule has 1 aromatic heterocycles. The van der Waals surface area contributed by atoms with Gasteiger partial charge in [0.05, 0.1) is 18.8 Å². The first-order valence-corrected chi connectivity index (χ1v) is 13.0. The SMILES string of the molecule is N#Cc1cc(-c2cc(NC3CCN(S(=O)(=O)N4CCOCC4)CC3)c3cnccc3c2)ccc1F. The molecule has 3 aromatic rings. The summed E-state index contributed by atoms with van der Waals surface area (Å²) in [6.45, 7) is 2.52. The highest BCUT2D eigenvalue weighted by molar-refractivity contribution is 7.86. The Kier molecular flexibility index (Phi) is 6.67. The van der Waals surface area contributed by atoms with Gasteiger partial charge in [0.2, 0.25) is 0 Å². The molecule has 2 aliphatic rings. The van der Waals surface area contributed by atoms with Crippen LogP contribution in [0.3, 0.4) is 0 Å². The van der Waals surface area contributed by atoms with Gasteiger partial charge in [-0.25, -0.2) is 4.39 Å². The number of nitriles is 1. The number of fused-ring (bicyclic) bond motifs is 1. The first-order valence-electron chi connectivity index (χ1n) is 11.6. The van der Waals surface area contributed by atoms with Crippen molar-refractivity contribution in [3.8, 4) is 17.2 Å². The van der Waals surface area contributed by atoms with E-state index in [1.165, 1.54) is 10.4 Å². The van der Waals surface area contributed by atoms with Gasteiger partial charge in [-0.15, -0.1) is 0 Å². The first-order chi connectivity index (χ1) is 17.0. The molecule has 2 aliphatic heterocycles. The van der Waals surface area contributed by atoms with Gasteiger partial charge in [-0.05, 0) is 59.7 Å². The van der Waals surface area contributed by atoms with Gasteiger partial charge in [0.1, 0.15) is 11.9 Å². The third kappa shape index (κ3) is 4.86. The molecule has 0 aliphatic carbocycles. The molecule has 0 unspecified atom stereocenters. The molecule has 1 N–H and O–H groups in total. The fourth-order valence-corrected chi connectivity index (χ4v) is 6.28. The Balaban J connectivity index is 1.36. The van der Waals surface area contributed by atoms with Gasteiger partial charge in [0, 0.05) is 55.7 Å². The molecule has 5 rings (SSSR count). The molecule has 0 spiro atoms. The zero-order chi connectivity index (χ0) is 24.4. The van der Waals surface area contributed by atoms with Crippen LogP contribution in [0.1, 0.15) is 18.4 Å². The van der Waals surface area contributed by atoms with Gasteiger partial charge in [0.25, 0.3) is 10.2 Å². The smallest absolute Gasteiger partial charge is 0.282 e. The summed E-state index contributed by atoms with van der Waals surface area (Å²) in [6, 6.07) is 12.4. The first kappa shape index (κ1) is 23.6. The van der Waals surface area contributed by atoms with E-state index in [0.717, 1.165) is 27.6 Å². The largest absolute Gasteiger partial charge is 0.382 e. The van der Waals surface area contributed by atoms with Crippen molar-refractivity contribution < 1.29 is 17.5 Å². The molecular formula is C25H26FN5O3S. The predicted molar refractivity (Wildman–Crippen MR) is 131 cm³/mol. The van der Waals surface area contributed by atoms with E-state index >= 15 is 0 Å². The summed E-state index contributed by atoms with van der Waals surface area (Å²) in [7, 11) is -3.48. The Morgan fingerprint density at radius 3 is 2.51 bits per heavy atom. The van der Waals surface area contributed by atoms with E-state index in [9.17, 15) is 18.1 Å². The van der Waals surface area contributed by atoms with Crippen LogP contribution in [0.2, 0.25) is 0 Å². The summed E-state index contributed by atoms with van der Waals surface area (Å²) in [5.41, 5.74) is 2.48. The Labute approximate surface area is 204 Å². The summed E-state index contributed by atoms with van der Waals surface area (Å²) in [6.07, 6.45) is 4.86. The second-order valence-corrected chi connectivity index (χ2v) is 10.7. The molecule has 0 amide bonds. The van der Waals surface area contributed by atoms with Gasteiger partial charge in [-0.2, -0.15) is 22.3 Å².